The molecule has 2 saturated heterocycles. The summed E-state index contributed by atoms with van der Waals surface area (Å²) in [7, 11) is 1.49. The van der Waals surface area contributed by atoms with Crippen molar-refractivity contribution in [3.63, 3.8) is 0 Å². The van der Waals surface area contributed by atoms with Crippen LogP contribution in [-0.4, -0.2) is 59.8 Å². The number of nitrogens with one attached hydrogen (secondary N) is 2. The molecule has 2 aromatic heterocycles. The van der Waals surface area contributed by atoms with Gasteiger partial charge in [0, 0.05) is 25.7 Å². The molecule has 36 heavy (non-hydrogen) atoms. The minimum atomic E-state index is -0.561. The maximum absolute atomic E-state index is 15.2. The molecule has 1 aromatic carbocycles. The second kappa shape index (κ2) is 9.92. The van der Waals surface area contributed by atoms with Crippen molar-refractivity contribution in [2.75, 3.05) is 23.7 Å². The highest BCUT2D eigenvalue weighted by Gasteiger charge is 2.32. The van der Waals surface area contributed by atoms with E-state index >= 15 is 4.39 Å². The number of fused-ring (bicyclic) bond motifs is 1. The third-order valence-corrected chi connectivity index (χ3v) is 7.36. The minimum absolute atomic E-state index is 0.0263. The second-order valence-corrected chi connectivity index (χ2v) is 9.71. The van der Waals surface area contributed by atoms with Crippen molar-refractivity contribution >= 4 is 17.5 Å². The molecular weight excluding hydrogens is 468 g/mol. The predicted octanol–water partition coefficient (Wildman–Crippen LogP) is 3.33. The lowest BCUT2D eigenvalue weighted by molar-refractivity contribution is 0.188. The molecule has 0 bridgehead atoms. The largest absolute Gasteiger partial charge is 0.368 e. The summed E-state index contributed by atoms with van der Waals surface area (Å²) in [6.07, 6.45) is 6.03. The molecule has 10 nitrogen and oxygen atoms in total. The van der Waals surface area contributed by atoms with E-state index in [4.69, 9.17) is 0 Å². The highest BCUT2D eigenvalue weighted by atomic mass is 19.1. The fraction of sp³-hybridized carbons (Fsp3) is 0.542. The first-order valence-corrected chi connectivity index (χ1v) is 12.5. The van der Waals surface area contributed by atoms with Crippen LogP contribution in [0.5, 0.6) is 0 Å². The average molecular weight is 500 g/mol. The van der Waals surface area contributed by atoms with Crippen molar-refractivity contribution in [1.82, 2.24) is 34.7 Å². The Hall–Kier alpha value is -3.41. The van der Waals surface area contributed by atoms with Crippen LogP contribution < -0.4 is 16.3 Å². The van der Waals surface area contributed by atoms with Crippen LogP contribution in [0.2, 0.25) is 0 Å². The van der Waals surface area contributed by atoms with Gasteiger partial charge < -0.3 is 15.5 Å². The summed E-state index contributed by atoms with van der Waals surface area (Å²) in [5.74, 6) is -0.992. The number of rotatable bonds is 7. The number of hydrogen-bond acceptors (Lipinski definition) is 8. The Labute approximate surface area is 207 Å². The SMILES string of the molecule is CCC(C)c1cc(F)c(Nc2ncc(F)c(NC3CCN4CCCC4C3)n2)cc1-n1nnn(C)c1=O. The molecule has 0 amide bonds. The maximum atomic E-state index is 15.2. The first kappa shape index (κ1) is 24.3. The molecule has 0 radical (unpaired) electrons. The Bertz CT molecular complexity index is 1310. The van der Waals surface area contributed by atoms with E-state index in [1.54, 1.807) is 0 Å². The first-order chi connectivity index (χ1) is 17.3. The predicted molar refractivity (Wildman–Crippen MR) is 132 cm³/mol. The van der Waals surface area contributed by atoms with Crippen molar-refractivity contribution in [1.29, 1.82) is 0 Å². The molecule has 0 saturated carbocycles. The Morgan fingerprint density at radius 1 is 1.17 bits per heavy atom. The van der Waals surface area contributed by atoms with Gasteiger partial charge in [-0.05, 0) is 72.7 Å². The zero-order valence-corrected chi connectivity index (χ0v) is 20.7. The van der Waals surface area contributed by atoms with Gasteiger partial charge in [0.25, 0.3) is 0 Å². The normalized spacial score (nSPS) is 20.8. The quantitative estimate of drug-likeness (QED) is 0.510. The molecule has 2 aliphatic rings. The van der Waals surface area contributed by atoms with E-state index in [2.05, 4.69) is 35.9 Å². The van der Waals surface area contributed by atoms with Crippen molar-refractivity contribution in [2.45, 2.75) is 64.0 Å². The molecule has 192 valence electrons. The van der Waals surface area contributed by atoms with Gasteiger partial charge in [0.15, 0.2) is 11.6 Å². The van der Waals surface area contributed by atoms with Gasteiger partial charge >= 0.3 is 5.69 Å². The monoisotopic (exact) mass is 499 g/mol. The number of piperidine rings is 1. The molecule has 2 fully saturated rings. The van der Waals surface area contributed by atoms with Crippen molar-refractivity contribution < 1.29 is 8.78 Å². The van der Waals surface area contributed by atoms with E-state index < -0.39 is 17.3 Å². The average Bonchev–Trinajstić information content (AvgIpc) is 3.47. The van der Waals surface area contributed by atoms with E-state index in [0.717, 1.165) is 47.9 Å². The summed E-state index contributed by atoms with van der Waals surface area (Å²) in [5.41, 5.74) is 0.639. The van der Waals surface area contributed by atoms with Gasteiger partial charge in [-0.15, -0.1) is 0 Å². The van der Waals surface area contributed by atoms with Crippen LogP contribution in [-0.2, 0) is 7.05 Å². The number of aromatic nitrogens is 6. The molecule has 5 rings (SSSR count). The van der Waals surface area contributed by atoms with Crippen LogP contribution in [0.1, 0.15) is 57.4 Å². The number of hydrogen-bond donors (Lipinski definition) is 2. The molecule has 3 unspecified atom stereocenters. The number of nitrogens with zero attached hydrogens (tertiary/aromatic N) is 7. The summed E-state index contributed by atoms with van der Waals surface area (Å²) >= 11 is 0. The van der Waals surface area contributed by atoms with E-state index in [-0.39, 0.29) is 29.4 Å². The number of halogens is 2. The standard InChI is InChI=1S/C24H31F2N9O/c1-4-14(2)17-11-18(25)20(12-21(17)35-24(36)33(3)31-32-35)29-23-27-13-19(26)22(30-23)28-15-7-9-34-8-5-6-16(34)10-15/h11-16H,4-10H2,1-3H3,(H2,27,28,29,30). The molecule has 12 heteroatoms. The van der Waals surface area contributed by atoms with Gasteiger partial charge in [-0.3, -0.25) is 0 Å². The van der Waals surface area contributed by atoms with Crippen LogP contribution in [0, 0.1) is 11.6 Å². The van der Waals surface area contributed by atoms with E-state index in [0.29, 0.717) is 17.3 Å². The molecule has 0 aliphatic carbocycles. The number of aryl methyl sites for hydroxylation is 1. The van der Waals surface area contributed by atoms with Gasteiger partial charge in [0.2, 0.25) is 5.95 Å². The summed E-state index contributed by atoms with van der Waals surface area (Å²) in [4.78, 5) is 23.3. The van der Waals surface area contributed by atoms with E-state index in [1.807, 2.05) is 13.8 Å². The topological polar surface area (TPSA) is 106 Å². The van der Waals surface area contributed by atoms with Crippen LogP contribution >= 0.6 is 0 Å². The molecule has 0 spiro atoms. The van der Waals surface area contributed by atoms with Crippen LogP contribution in [0.3, 0.4) is 0 Å². The van der Waals surface area contributed by atoms with Gasteiger partial charge in [-0.1, -0.05) is 13.8 Å². The Kier molecular flexibility index (Phi) is 6.69. The smallest absolute Gasteiger partial charge is 0.365 e. The molecule has 4 heterocycles. The zero-order chi connectivity index (χ0) is 25.4. The lowest BCUT2D eigenvalue weighted by atomic mass is 9.96. The van der Waals surface area contributed by atoms with Gasteiger partial charge in [-0.25, -0.2) is 18.6 Å². The Balaban J connectivity index is 1.42. The highest BCUT2D eigenvalue weighted by Crippen LogP contribution is 2.32. The van der Waals surface area contributed by atoms with Crippen molar-refractivity contribution in [3.8, 4) is 5.69 Å². The summed E-state index contributed by atoms with van der Waals surface area (Å²) in [6.45, 7) is 6.05. The molecule has 3 atom stereocenters. The van der Waals surface area contributed by atoms with Crippen LogP contribution in [0.15, 0.2) is 23.1 Å². The third kappa shape index (κ3) is 4.69. The number of tetrazole rings is 1. The zero-order valence-electron chi connectivity index (χ0n) is 20.7. The summed E-state index contributed by atoms with van der Waals surface area (Å²) in [6, 6.07) is 3.51. The molecule has 3 aromatic rings. The van der Waals surface area contributed by atoms with E-state index in [1.165, 1.54) is 32.0 Å². The minimum Gasteiger partial charge on any atom is -0.365 e. The number of anilines is 3. The third-order valence-electron chi connectivity index (χ3n) is 7.36. The number of benzene rings is 1. The summed E-state index contributed by atoms with van der Waals surface area (Å²) in [5, 5.41) is 13.8. The fourth-order valence-corrected chi connectivity index (χ4v) is 5.13. The molecule has 2 N–H and O–H groups in total. The van der Waals surface area contributed by atoms with Gasteiger partial charge in [-0.2, -0.15) is 14.3 Å². The lowest BCUT2D eigenvalue weighted by Crippen LogP contribution is -2.43. The lowest BCUT2D eigenvalue weighted by Gasteiger charge is -2.35. The van der Waals surface area contributed by atoms with Gasteiger partial charge in [0.05, 0.1) is 17.6 Å². The van der Waals surface area contributed by atoms with Crippen molar-refractivity contribution in [2.24, 2.45) is 7.05 Å². The van der Waals surface area contributed by atoms with Crippen molar-refractivity contribution in [3.05, 3.63) is 46.0 Å². The Morgan fingerprint density at radius 2 is 2.00 bits per heavy atom. The van der Waals surface area contributed by atoms with Crippen LogP contribution in [0.25, 0.3) is 5.69 Å². The second-order valence-electron chi connectivity index (χ2n) is 9.71. The summed E-state index contributed by atoms with van der Waals surface area (Å²) < 4.78 is 32.0. The fourth-order valence-electron chi connectivity index (χ4n) is 5.13. The highest BCUT2D eigenvalue weighted by molar-refractivity contribution is 5.62. The van der Waals surface area contributed by atoms with Crippen LogP contribution in [0.4, 0.5) is 26.2 Å². The molecule has 2 aliphatic heterocycles. The molecular formula is C24H31F2N9O. The van der Waals surface area contributed by atoms with E-state index in [9.17, 15) is 9.18 Å². The first-order valence-electron chi connectivity index (χ1n) is 12.5. The van der Waals surface area contributed by atoms with Gasteiger partial charge in [0.1, 0.15) is 5.82 Å². The Morgan fingerprint density at radius 3 is 2.75 bits per heavy atom. The maximum Gasteiger partial charge on any atom is 0.368 e.